The van der Waals surface area contributed by atoms with Gasteiger partial charge in [-0.1, -0.05) is 0 Å². The maximum Gasteiger partial charge on any atom is 0.271 e. The first kappa shape index (κ1) is 13.1. The van der Waals surface area contributed by atoms with E-state index < -0.39 is 0 Å². The molecule has 1 unspecified atom stereocenters. The van der Waals surface area contributed by atoms with Gasteiger partial charge in [0, 0.05) is 23.5 Å². The van der Waals surface area contributed by atoms with Crippen LogP contribution in [0.25, 0.3) is 10.8 Å². The third-order valence-electron chi connectivity index (χ3n) is 3.71. The maximum atomic E-state index is 12.3. The van der Waals surface area contributed by atoms with Crippen molar-refractivity contribution in [2.24, 2.45) is 0 Å². The molecule has 1 aliphatic carbocycles. The monoisotopic (exact) mass is 315 g/mol. The van der Waals surface area contributed by atoms with Gasteiger partial charge in [0.15, 0.2) is 10.8 Å². The molecule has 4 rings (SSSR count). The van der Waals surface area contributed by atoms with Gasteiger partial charge in [-0.15, -0.1) is 11.3 Å². The Bertz CT molecular complexity index is 791. The largest absolute Gasteiger partial charge is 0.348 e. The minimum absolute atomic E-state index is 0.107. The zero-order valence-electron chi connectivity index (χ0n) is 11.5. The van der Waals surface area contributed by atoms with Crippen LogP contribution in [0.1, 0.15) is 28.2 Å². The van der Waals surface area contributed by atoms with Crippen molar-refractivity contribution in [1.29, 1.82) is 0 Å². The second-order valence-electron chi connectivity index (χ2n) is 5.16. The number of aromatic amines is 2. The Balaban J connectivity index is 1.45. The van der Waals surface area contributed by atoms with Gasteiger partial charge in [-0.05, 0) is 18.4 Å². The number of aryl methyl sites for hydroxylation is 1. The smallest absolute Gasteiger partial charge is 0.271 e. The van der Waals surface area contributed by atoms with Crippen LogP contribution in [0.3, 0.4) is 0 Å². The summed E-state index contributed by atoms with van der Waals surface area (Å²) >= 11 is 1.37. The number of hydrogen-bond donors (Lipinski definition) is 3. The zero-order valence-corrected chi connectivity index (χ0v) is 12.4. The van der Waals surface area contributed by atoms with Crippen LogP contribution in [-0.4, -0.2) is 42.3 Å². The van der Waals surface area contributed by atoms with Crippen molar-refractivity contribution in [1.82, 2.24) is 35.7 Å². The summed E-state index contributed by atoms with van der Waals surface area (Å²) in [6, 6.07) is 0.107. The number of carbonyl (C=O) groups is 1. The van der Waals surface area contributed by atoms with Gasteiger partial charge in [-0.3, -0.25) is 15.0 Å². The molecule has 0 aliphatic heterocycles. The molecule has 9 heteroatoms. The summed E-state index contributed by atoms with van der Waals surface area (Å²) < 4.78 is 0. The molecule has 3 aromatic rings. The summed E-state index contributed by atoms with van der Waals surface area (Å²) in [7, 11) is 0. The number of thiazole rings is 1. The average molecular weight is 315 g/mol. The molecule has 0 radical (unpaired) electrons. The lowest BCUT2D eigenvalue weighted by molar-refractivity contribution is 0.0929. The molecule has 0 saturated heterocycles. The molecule has 0 fully saturated rings. The van der Waals surface area contributed by atoms with Gasteiger partial charge in [0.25, 0.3) is 5.91 Å². The normalized spacial score (nSPS) is 17.2. The highest BCUT2D eigenvalue weighted by atomic mass is 32.1. The van der Waals surface area contributed by atoms with Crippen molar-refractivity contribution in [2.75, 3.05) is 0 Å². The fourth-order valence-electron chi connectivity index (χ4n) is 2.59. The summed E-state index contributed by atoms with van der Waals surface area (Å²) in [5.41, 5.74) is 2.76. The second-order valence-corrected chi connectivity index (χ2v) is 6.02. The number of hydrogen-bond acceptors (Lipinski definition) is 6. The summed E-state index contributed by atoms with van der Waals surface area (Å²) in [6.07, 6.45) is 5.90. The van der Waals surface area contributed by atoms with E-state index in [1.807, 2.05) is 6.20 Å². The summed E-state index contributed by atoms with van der Waals surface area (Å²) in [5.74, 6) is 0.416. The predicted molar refractivity (Wildman–Crippen MR) is 79.4 cm³/mol. The SMILES string of the molecule is O=C(NC1CCc2cn[nH]c2C1)c1csc(-c2ncn[nH]2)n1. The molecule has 3 heterocycles. The molecule has 3 aromatic heterocycles. The Morgan fingerprint density at radius 3 is 3.18 bits per heavy atom. The zero-order chi connectivity index (χ0) is 14.9. The lowest BCUT2D eigenvalue weighted by atomic mass is 9.94. The summed E-state index contributed by atoms with van der Waals surface area (Å²) in [4.78, 5) is 20.6. The molecule has 0 aromatic carbocycles. The van der Waals surface area contributed by atoms with Gasteiger partial charge >= 0.3 is 0 Å². The number of carbonyl (C=O) groups excluding carboxylic acids is 1. The number of nitrogens with one attached hydrogen (secondary N) is 3. The van der Waals surface area contributed by atoms with Gasteiger partial charge in [0.05, 0.1) is 6.20 Å². The first-order valence-corrected chi connectivity index (χ1v) is 7.81. The first-order valence-electron chi connectivity index (χ1n) is 6.93. The molecular formula is C13H13N7OS. The molecule has 1 aliphatic rings. The van der Waals surface area contributed by atoms with E-state index in [1.165, 1.54) is 23.2 Å². The van der Waals surface area contributed by atoms with Crippen molar-refractivity contribution in [3.63, 3.8) is 0 Å². The van der Waals surface area contributed by atoms with Crippen molar-refractivity contribution in [2.45, 2.75) is 25.3 Å². The molecular weight excluding hydrogens is 302 g/mol. The lowest BCUT2D eigenvalue weighted by Gasteiger charge is -2.22. The third kappa shape index (κ3) is 2.39. The summed E-state index contributed by atoms with van der Waals surface area (Å²) in [6.45, 7) is 0. The van der Waals surface area contributed by atoms with Crippen LogP contribution in [0.2, 0.25) is 0 Å². The fourth-order valence-corrected chi connectivity index (χ4v) is 3.33. The third-order valence-corrected chi connectivity index (χ3v) is 4.56. The van der Waals surface area contributed by atoms with Crippen molar-refractivity contribution in [3.05, 3.63) is 34.9 Å². The van der Waals surface area contributed by atoms with Crippen LogP contribution in [0.5, 0.6) is 0 Å². The van der Waals surface area contributed by atoms with Crippen LogP contribution in [0.4, 0.5) is 0 Å². The molecule has 0 saturated carbocycles. The van der Waals surface area contributed by atoms with E-state index in [2.05, 4.69) is 35.7 Å². The predicted octanol–water partition coefficient (Wildman–Crippen LogP) is 0.939. The molecule has 8 nitrogen and oxygen atoms in total. The van der Waals surface area contributed by atoms with E-state index in [4.69, 9.17) is 0 Å². The van der Waals surface area contributed by atoms with Crippen LogP contribution < -0.4 is 5.32 Å². The molecule has 22 heavy (non-hydrogen) atoms. The highest BCUT2D eigenvalue weighted by molar-refractivity contribution is 7.13. The van der Waals surface area contributed by atoms with Gasteiger partial charge in [-0.2, -0.15) is 10.2 Å². The lowest BCUT2D eigenvalue weighted by Crippen LogP contribution is -2.38. The molecule has 0 bridgehead atoms. The number of amides is 1. The minimum Gasteiger partial charge on any atom is -0.348 e. The Hall–Kier alpha value is -2.55. The van der Waals surface area contributed by atoms with E-state index in [-0.39, 0.29) is 11.9 Å². The number of H-pyrrole nitrogens is 2. The van der Waals surface area contributed by atoms with Crippen LogP contribution in [0, 0.1) is 0 Å². The van der Waals surface area contributed by atoms with E-state index in [1.54, 1.807) is 5.38 Å². The topological polar surface area (TPSA) is 112 Å². The van der Waals surface area contributed by atoms with E-state index in [0.29, 0.717) is 16.5 Å². The Kier molecular flexibility index (Phi) is 3.19. The van der Waals surface area contributed by atoms with E-state index in [0.717, 1.165) is 25.0 Å². The van der Waals surface area contributed by atoms with Gasteiger partial charge in [0.1, 0.15) is 12.0 Å². The molecule has 1 atom stereocenters. The highest BCUT2D eigenvalue weighted by Gasteiger charge is 2.23. The molecule has 3 N–H and O–H groups in total. The van der Waals surface area contributed by atoms with Crippen molar-refractivity contribution in [3.8, 4) is 10.8 Å². The van der Waals surface area contributed by atoms with Crippen LogP contribution in [0.15, 0.2) is 17.9 Å². The van der Waals surface area contributed by atoms with Crippen molar-refractivity contribution >= 4 is 17.2 Å². The number of nitrogens with zero attached hydrogens (tertiary/aromatic N) is 4. The number of rotatable bonds is 3. The highest BCUT2D eigenvalue weighted by Crippen LogP contribution is 2.21. The second kappa shape index (κ2) is 5.34. The van der Waals surface area contributed by atoms with Crippen LogP contribution in [-0.2, 0) is 12.8 Å². The van der Waals surface area contributed by atoms with E-state index in [9.17, 15) is 4.79 Å². The van der Waals surface area contributed by atoms with Crippen molar-refractivity contribution < 1.29 is 4.79 Å². The maximum absolute atomic E-state index is 12.3. The standard InChI is InChI=1S/C13H13N7OS/c21-12(10-5-22-13(18-10)11-14-6-16-20-11)17-8-2-1-7-4-15-19-9(7)3-8/h4-6,8H,1-3H2,(H,15,19)(H,17,21)(H,14,16,20). The van der Waals surface area contributed by atoms with Gasteiger partial charge < -0.3 is 5.32 Å². The van der Waals surface area contributed by atoms with Gasteiger partial charge in [-0.25, -0.2) is 9.97 Å². The Morgan fingerprint density at radius 2 is 2.32 bits per heavy atom. The minimum atomic E-state index is -0.157. The Labute approximate surface area is 129 Å². The Morgan fingerprint density at radius 1 is 1.36 bits per heavy atom. The quantitative estimate of drug-likeness (QED) is 0.666. The average Bonchev–Trinajstić information content (AvgIpc) is 3.26. The fraction of sp³-hybridized carbons (Fsp3) is 0.308. The molecule has 0 spiro atoms. The van der Waals surface area contributed by atoms with Gasteiger partial charge in [0.2, 0.25) is 0 Å². The van der Waals surface area contributed by atoms with E-state index >= 15 is 0 Å². The molecule has 1 amide bonds. The van der Waals surface area contributed by atoms with Crippen LogP contribution >= 0.6 is 11.3 Å². The first-order chi connectivity index (χ1) is 10.8. The molecule has 112 valence electrons. The number of fused-ring (bicyclic) bond motifs is 1. The summed E-state index contributed by atoms with van der Waals surface area (Å²) in [5, 5.41) is 19.0. The number of aromatic nitrogens is 6.